The van der Waals surface area contributed by atoms with Gasteiger partial charge in [-0.15, -0.1) is 0 Å². The second-order valence-corrected chi connectivity index (χ2v) is 7.94. The number of aromatic nitrogens is 2. The quantitative estimate of drug-likeness (QED) is 0.494. The number of aliphatic carboxylic acids is 1. The van der Waals surface area contributed by atoms with E-state index in [9.17, 15) is 18.5 Å². The zero-order chi connectivity index (χ0) is 21.3. The summed E-state index contributed by atoms with van der Waals surface area (Å²) in [6, 6.07) is 14.3. The lowest BCUT2D eigenvalue weighted by Gasteiger charge is -2.10. The van der Waals surface area contributed by atoms with E-state index in [-0.39, 0.29) is 6.42 Å². The Bertz CT molecular complexity index is 1250. The maximum Gasteiger partial charge on any atom is 0.307 e. The topological polar surface area (TPSA) is 81.4 Å². The zero-order valence-corrected chi connectivity index (χ0v) is 16.7. The molecule has 0 saturated heterocycles. The zero-order valence-electron chi connectivity index (χ0n) is 15.9. The van der Waals surface area contributed by atoms with Gasteiger partial charge in [0.25, 0.3) is 0 Å². The lowest BCUT2D eigenvalue weighted by atomic mass is 10.1. The molecule has 0 radical (unpaired) electrons. The number of ether oxygens (including phenoxy) is 1. The Morgan fingerprint density at radius 2 is 1.93 bits per heavy atom. The molecule has 0 aliphatic heterocycles. The van der Waals surface area contributed by atoms with Crippen LogP contribution in [-0.2, 0) is 22.2 Å². The number of rotatable bonds is 6. The first kappa shape index (κ1) is 19.8. The molecule has 0 aliphatic rings. The highest BCUT2D eigenvalue weighted by molar-refractivity contribution is 7.83. The smallest absolute Gasteiger partial charge is 0.307 e. The maximum atomic E-state index is 13.8. The standard InChI is InChI=1S/C22H17FN2O4S/c1-14-19(12-22(26)27)20-11-15(23)4-9-21(20)25(14)30(28)18-7-5-16(6-8-18)29-17-3-2-10-24-13-17/h2-11,13H,12H2,1H3,(H,26,27). The Morgan fingerprint density at radius 1 is 1.17 bits per heavy atom. The van der Waals surface area contributed by atoms with Crippen LogP contribution in [0.15, 0.2) is 71.9 Å². The van der Waals surface area contributed by atoms with Crippen LogP contribution in [0.4, 0.5) is 4.39 Å². The fourth-order valence-corrected chi connectivity index (χ4v) is 4.56. The highest BCUT2D eigenvalue weighted by Crippen LogP contribution is 2.30. The summed E-state index contributed by atoms with van der Waals surface area (Å²) in [7, 11) is -1.65. The number of carboxylic acids is 1. The number of nitrogens with zero attached hydrogens (tertiary/aromatic N) is 2. The molecule has 1 N–H and O–H groups in total. The molecule has 2 aromatic carbocycles. The fraction of sp³-hybridized carbons (Fsp3) is 0.0909. The van der Waals surface area contributed by atoms with Crippen molar-refractivity contribution in [3.05, 3.63) is 84.1 Å². The number of benzene rings is 2. The first-order valence-electron chi connectivity index (χ1n) is 9.05. The molecule has 30 heavy (non-hydrogen) atoms. The summed E-state index contributed by atoms with van der Waals surface area (Å²) in [5.74, 6) is -0.372. The van der Waals surface area contributed by atoms with Crippen LogP contribution in [-0.4, -0.2) is 24.2 Å². The molecule has 1 unspecified atom stereocenters. The third-order valence-electron chi connectivity index (χ3n) is 4.63. The summed E-state index contributed by atoms with van der Waals surface area (Å²) in [5, 5.41) is 9.68. The van der Waals surface area contributed by atoms with Gasteiger partial charge in [-0.05, 0) is 67.1 Å². The van der Waals surface area contributed by atoms with E-state index in [1.54, 1.807) is 55.7 Å². The molecule has 0 fully saturated rings. The number of fused-ring (bicyclic) bond motifs is 1. The van der Waals surface area contributed by atoms with Gasteiger partial charge in [0, 0.05) is 17.3 Å². The molecular weight excluding hydrogens is 407 g/mol. The van der Waals surface area contributed by atoms with Crippen LogP contribution in [0.5, 0.6) is 11.5 Å². The lowest BCUT2D eigenvalue weighted by Crippen LogP contribution is -2.08. The average molecular weight is 424 g/mol. The van der Waals surface area contributed by atoms with Crippen LogP contribution in [0.25, 0.3) is 10.9 Å². The lowest BCUT2D eigenvalue weighted by molar-refractivity contribution is -0.136. The van der Waals surface area contributed by atoms with Gasteiger partial charge < -0.3 is 9.84 Å². The van der Waals surface area contributed by atoms with E-state index in [1.807, 2.05) is 0 Å². The molecule has 0 spiro atoms. The Kier molecular flexibility index (Phi) is 5.33. The first-order valence-corrected chi connectivity index (χ1v) is 10.2. The monoisotopic (exact) mass is 424 g/mol. The Morgan fingerprint density at radius 3 is 2.60 bits per heavy atom. The van der Waals surface area contributed by atoms with Crippen molar-refractivity contribution in [2.24, 2.45) is 0 Å². The third-order valence-corrected chi connectivity index (χ3v) is 6.11. The van der Waals surface area contributed by atoms with E-state index in [0.717, 1.165) is 0 Å². The molecule has 152 valence electrons. The van der Waals surface area contributed by atoms with E-state index < -0.39 is 22.8 Å². The molecule has 2 aromatic heterocycles. The van der Waals surface area contributed by atoms with Crippen LogP contribution < -0.4 is 4.74 Å². The summed E-state index contributed by atoms with van der Waals surface area (Å²) in [4.78, 5) is 15.8. The molecule has 0 saturated carbocycles. The normalized spacial score (nSPS) is 12.1. The van der Waals surface area contributed by atoms with Crippen molar-refractivity contribution in [3.63, 3.8) is 0 Å². The Hall–Kier alpha value is -3.52. The minimum Gasteiger partial charge on any atom is -0.481 e. The molecule has 8 heteroatoms. The number of hydrogen-bond donors (Lipinski definition) is 1. The van der Waals surface area contributed by atoms with E-state index in [2.05, 4.69) is 4.98 Å². The van der Waals surface area contributed by atoms with Crippen LogP contribution >= 0.6 is 0 Å². The summed E-state index contributed by atoms with van der Waals surface area (Å²) in [5.41, 5.74) is 1.48. The largest absolute Gasteiger partial charge is 0.481 e. The summed E-state index contributed by atoms with van der Waals surface area (Å²) >= 11 is 0. The number of hydrogen-bond acceptors (Lipinski definition) is 4. The van der Waals surface area contributed by atoms with E-state index in [4.69, 9.17) is 4.74 Å². The molecule has 1 atom stereocenters. The van der Waals surface area contributed by atoms with Gasteiger partial charge >= 0.3 is 5.97 Å². The van der Waals surface area contributed by atoms with Crippen molar-refractivity contribution >= 4 is 27.9 Å². The van der Waals surface area contributed by atoms with Crippen molar-refractivity contribution in [1.29, 1.82) is 0 Å². The van der Waals surface area contributed by atoms with E-state index in [1.165, 1.54) is 22.2 Å². The van der Waals surface area contributed by atoms with Crippen molar-refractivity contribution in [2.45, 2.75) is 18.2 Å². The van der Waals surface area contributed by atoms with Crippen LogP contribution in [0.3, 0.4) is 0 Å². The SMILES string of the molecule is Cc1c(CC(=O)O)c2cc(F)ccc2n1S(=O)c1ccc(Oc2cccnc2)cc1. The third kappa shape index (κ3) is 3.81. The first-order chi connectivity index (χ1) is 14.4. The fourth-order valence-electron chi connectivity index (χ4n) is 3.29. The highest BCUT2D eigenvalue weighted by Gasteiger charge is 2.21. The van der Waals surface area contributed by atoms with Gasteiger partial charge in [0.1, 0.15) is 17.3 Å². The molecule has 0 amide bonds. The van der Waals surface area contributed by atoms with Gasteiger partial charge in [-0.1, -0.05) is 0 Å². The summed E-state index contributed by atoms with van der Waals surface area (Å²) in [6.45, 7) is 1.69. The Balaban J connectivity index is 1.71. The maximum absolute atomic E-state index is 13.8. The second-order valence-electron chi connectivity index (χ2n) is 6.60. The van der Waals surface area contributed by atoms with Crippen LogP contribution in [0.1, 0.15) is 11.3 Å². The van der Waals surface area contributed by atoms with Gasteiger partial charge in [0.2, 0.25) is 0 Å². The predicted octanol–water partition coefficient (Wildman–Crippen LogP) is 4.47. The molecule has 0 bridgehead atoms. The van der Waals surface area contributed by atoms with E-state index in [0.29, 0.717) is 38.6 Å². The predicted molar refractivity (Wildman–Crippen MR) is 111 cm³/mol. The number of carboxylic acid groups (broad SMARTS) is 1. The van der Waals surface area contributed by atoms with Crippen molar-refractivity contribution in [2.75, 3.05) is 0 Å². The molecule has 4 rings (SSSR count). The van der Waals surface area contributed by atoms with Crippen molar-refractivity contribution in [3.8, 4) is 11.5 Å². The summed E-state index contributed by atoms with van der Waals surface area (Å²) in [6.07, 6.45) is 2.95. The van der Waals surface area contributed by atoms with Gasteiger partial charge in [-0.3, -0.25) is 13.8 Å². The number of halogens is 1. The van der Waals surface area contributed by atoms with Gasteiger partial charge in [-0.2, -0.15) is 0 Å². The van der Waals surface area contributed by atoms with Gasteiger partial charge in [0.15, 0.2) is 11.0 Å². The Labute approximate surface area is 174 Å². The minimum atomic E-state index is -1.65. The van der Waals surface area contributed by atoms with Crippen molar-refractivity contribution in [1.82, 2.24) is 8.96 Å². The highest BCUT2D eigenvalue weighted by atomic mass is 32.2. The molecule has 4 aromatic rings. The van der Waals surface area contributed by atoms with Gasteiger partial charge in [0.05, 0.1) is 23.0 Å². The molecule has 6 nitrogen and oxygen atoms in total. The number of carbonyl (C=O) groups is 1. The molecule has 0 aliphatic carbocycles. The number of pyridine rings is 1. The van der Waals surface area contributed by atoms with Crippen LogP contribution in [0.2, 0.25) is 0 Å². The second kappa shape index (κ2) is 8.08. The summed E-state index contributed by atoms with van der Waals surface area (Å²) < 4.78 is 34.3. The van der Waals surface area contributed by atoms with E-state index >= 15 is 0 Å². The average Bonchev–Trinajstić information content (AvgIpc) is 2.99. The van der Waals surface area contributed by atoms with Crippen molar-refractivity contribution < 1.29 is 23.2 Å². The van der Waals surface area contributed by atoms with Gasteiger partial charge in [-0.25, -0.2) is 8.60 Å². The minimum absolute atomic E-state index is 0.284. The molecule has 2 heterocycles. The molecular formula is C22H17FN2O4S. The van der Waals surface area contributed by atoms with Crippen LogP contribution in [0, 0.1) is 12.7 Å².